The zero-order valence-electron chi connectivity index (χ0n) is 8.42. The van der Waals surface area contributed by atoms with Crippen LogP contribution in [0.5, 0.6) is 0 Å². The summed E-state index contributed by atoms with van der Waals surface area (Å²) in [6, 6.07) is 0. The quantitative estimate of drug-likeness (QED) is 0.478. The van der Waals surface area contributed by atoms with Gasteiger partial charge < -0.3 is 19.9 Å². The molecular formula is C9H21NO3. The number of unbranched alkanes of at least 4 members (excludes halogenated alkanes) is 1. The Hall–Kier alpha value is -0.160. The van der Waals surface area contributed by atoms with Crippen LogP contribution in [-0.2, 0) is 9.47 Å². The van der Waals surface area contributed by atoms with Gasteiger partial charge >= 0.3 is 0 Å². The summed E-state index contributed by atoms with van der Waals surface area (Å²) in [6.45, 7) is 3.53. The molecule has 0 unspecified atom stereocenters. The molecule has 0 aromatic rings. The second-order valence-corrected chi connectivity index (χ2v) is 2.76. The van der Waals surface area contributed by atoms with Crippen molar-refractivity contribution in [2.75, 3.05) is 46.6 Å². The van der Waals surface area contributed by atoms with E-state index < -0.39 is 0 Å². The van der Waals surface area contributed by atoms with Gasteiger partial charge in [0.15, 0.2) is 0 Å². The second kappa shape index (κ2) is 11.8. The molecule has 0 amide bonds. The first-order valence-corrected chi connectivity index (χ1v) is 4.82. The van der Waals surface area contributed by atoms with E-state index >= 15 is 0 Å². The highest BCUT2D eigenvalue weighted by Gasteiger charge is 1.89. The topological polar surface area (TPSA) is 50.7 Å². The maximum absolute atomic E-state index is 8.39. The van der Waals surface area contributed by atoms with Gasteiger partial charge in [0, 0.05) is 6.61 Å². The van der Waals surface area contributed by atoms with Crippen molar-refractivity contribution in [1.82, 2.24) is 5.32 Å². The van der Waals surface area contributed by atoms with Crippen LogP contribution < -0.4 is 5.32 Å². The van der Waals surface area contributed by atoms with E-state index in [2.05, 4.69) is 5.32 Å². The molecule has 0 atom stereocenters. The Balaban J connectivity index is 2.76. The molecule has 0 heterocycles. The minimum Gasteiger partial charge on any atom is -0.394 e. The van der Waals surface area contributed by atoms with Crippen LogP contribution in [0.25, 0.3) is 0 Å². The van der Waals surface area contributed by atoms with Crippen molar-refractivity contribution in [2.45, 2.75) is 12.8 Å². The molecule has 0 aliphatic carbocycles. The maximum Gasteiger partial charge on any atom is 0.0701 e. The van der Waals surface area contributed by atoms with Gasteiger partial charge in [0.05, 0.1) is 26.4 Å². The number of aliphatic hydroxyl groups is 1. The number of aliphatic hydroxyl groups excluding tert-OH is 1. The van der Waals surface area contributed by atoms with Crippen LogP contribution in [0.4, 0.5) is 0 Å². The number of nitrogens with one attached hydrogen (secondary N) is 1. The average molecular weight is 191 g/mol. The summed E-state index contributed by atoms with van der Waals surface area (Å²) >= 11 is 0. The van der Waals surface area contributed by atoms with Gasteiger partial charge in [0.2, 0.25) is 0 Å². The Kier molecular flexibility index (Phi) is 11.7. The van der Waals surface area contributed by atoms with Crippen LogP contribution in [-0.4, -0.2) is 51.7 Å². The van der Waals surface area contributed by atoms with E-state index in [1.54, 1.807) is 0 Å². The van der Waals surface area contributed by atoms with Crippen molar-refractivity contribution in [3.8, 4) is 0 Å². The first-order valence-electron chi connectivity index (χ1n) is 4.82. The van der Waals surface area contributed by atoms with E-state index in [1.807, 2.05) is 7.05 Å². The molecule has 0 saturated heterocycles. The predicted octanol–water partition coefficient (Wildman–Crippen LogP) is 0.0115. The van der Waals surface area contributed by atoms with Gasteiger partial charge in [-0.2, -0.15) is 0 Å². The first kappa shape index (κ1) is 12.8. The molecular weight excluding hydrogens is 170 g/mol. The van der Waals surface area contributed by atoms with Crippen molar-refractivity contribution in [2.24, 2.45) is 0 Å². The van der Waals surface area contributed by atoms with Crippen LogP contribution in [0.2, 0.25) is 0 Å². The minimum absolute atomic E-state index is 0.0855. The Morgan fingerprint density at radius 1 is 1.00 bits per heavy atom. The lowest BCUT2D eigenvalue weighted by molar-refractivity contribution is 0.0322. The van der Waals surface area contributed by atoms with Crippen molar-refractivity contribution < 1.29 is 14.6 Å². The summed E-state index contributed by atoms with van der Waals surface area (Å²) < 4.78 is 10.3. The highest BCUT2D eigenvalue weighted by molar-refractivity contribution is 4.41. The van der Waals surface area contributed by atoms with Crippen molar-refractivity contribution in [1.29, 1.82) is 0 Å². The van der Waals surface area contributed by atoms with Gasteiger partial charge in [0.25, 0.3) is 0 Å². The average Bonchev–Trinajstić information content (AvgIpc) is 2.16. The second-order valence-electron chi connectivity index (χ2n) is 2.76. The van der Waals surface area contributed by atoms with E-state index in [9.17, 15) is 0 Å². The Morgan fingerprint density at radius 3 is 2.31 bits per heavy atom. The summed E-state index contributed by atoms with van der Waals surface area (Å²) in [4.78, 5) is 0. The molecule has 80 valence electrons. The zero-order valence-corrected chi connectivity index (χ0v) is 8.42. The number of rotatable bonds is 10. The van der Waals surface area contributed by atoms with Crippen molar-refractivity contribution >= 4 is 0 Å². The standard InChI is InChI=1S/C9H21NO3/c1-10-4-2-3-6-12-8-9-13-7-5-11/h10-11H,2-9H2,1H3. The molecule has 0 bridgehead atoms. The van der Waals surface area contributed by atoms with Crippen LogP contribution >= 0.6 is 0 Å². The van der Waals surface area contributed by atoms with Gasteiger partial charge in [-0.25, -0.2) is 0 Å². The summed E-state index contributed by atoms with van der Waals surface area (Å²) in [6.07, 6.45) is 2.23. The molecule has 0 rings (SSSR count). The Labute approximate surface area is 80.2 Å². The normalized spacial score (nSPS) is 10.6. The van der Waals surface area contributed by atoms with Crippen molar-refractivity contribution in [3.63, 3.8) is 0 Å². The molecule has 0 fully saturated rings. The zero-order chi connectivity index (χ0) is 9.78. The Morgan fingerprint density at radius 2 is 1.69 bits per heavy atom. The fraction of sp³-hybridized carbons (Fsp3) is 1.00. The Bertz CT molecular complexity index is 80.9. The molecule has 4 heteroatoms. The maximum atomic E-state index is 8.39. The summed E-state index contributed by atoms with van der Waals surface area (Å²) in [5.74, 6) is 0. The number of ether oxygens (including phenoxy) is 2. The van der Waals surface area contributed by atoms with Crippen molar-refractivity contribution in [3.05, 3.63) is 0 Å². The SMILES string of the molecule is CNCCCCOCCOCCO. The summed E-state index contributed by atoms with van der Waals surface area (Å²) in [5.41, 5.74) is 0. The van der Waals surface area contributed by atoms with Gasteiger partial charge in [-0.3, -0.25) is 0 Å². The third-order valence-corrected chi connectivity index (χ3v) is 1.57. The minimum atomic E-state index is 0.0855. The number of hydrogen-bond acceptors (Lipinski definition) is 4. The summed E-state index contributed by atoms with van der Waals surface area (Å²) in [5, 5.41) is 11.5. The van der Waals surface area contributed by atoms with Crippen LogP contribution in [0.1, 0.15) is 12.8 Å². The third kappa shape index (κ3) is 11.8. The first-order chi connectivity index (χ1) is 6.41. The molecule has 0 spiro atoms. The van der Waals surface area contributed by atoms with E-state index in [-0.39, 0.29) is 6.61 Å². The van der Waals surface area contributed by atoms with E-state index in [1.165, 1.54) is 0 Å². The van der Waals surface area contributed by atoms with Gasteiger partial charge in [-0.1, -0.05) is 0 Å². The third-order valence-electron chi connectivity index (χ3n) is 1.57. The molecule has 0 aromatic heterocycles. The monoisotopic (exact) mass is 191 g/mol. The van der Waals surface area contributed by atoms with E-state index in [4.69, 9.17) is 14.6 Å². The predicted molar refractivity (Wildman–Crippen MR) is 51.9 cm³/mol. The molecule has 2 N–H and O–H groups in total. The lowest BCUT2D eigenvalue weighted by Crippen LogP contribution is -2.10. The number of hydrogen-bond donors (Lipinski definition) is 2. The summed E-state index contributed by atoms with van der Waals surface area (Å²) in [7, 11) is 1.95. The molecule has 13 heavy (non-hydrogen) atoms. The lowest BCUT2D eigenvalue weighted by atomic mass is 10.3. The van der Waals surface area contributed by atoms with Gasteiger partial charge in [-0.15, -0.1) is 0 Å². The smallest absolute Gasteiger partial charge is 0.0701 e. The molecule has 0 aromatic carbocycles. The van der Waals surface area contributed by atoms with Crippen LogP contribution in [0.3, 0.4) is 0 Å². The molecule has 0 saturated carbocycles. The molecule has 0 aliphatic rings. The van der Waals surface area contributed by atoms with Gasteiger partial charge in [0.1, 0.15) is 0 Å². The van der Waals surface area contributed by atoms with Gasteiger partial charge in [-0.05, 0) is 26.4 Å². The largest absolute Gasteiger partial charge is 0.394 e. The van der Waals surface area contributed by atoms with E-state index in [0.717, 1.165) is 26.0 Å². The fourth-order valence-electron chi connectivity index (χ4n) is 0.892. The molecule has 0 aliphatic heterocycles. The molecule has 0 radical (unpaired) electrons. The van der Waals surface area contributed by atoms with E-state index in [0.29, 0.717) is 19.8 Å². The van der Waals surface area contributed by atoms with Crippen LogP contribution in [0, 0.1) is 0 Å². The fourth-order valence-corrected chi connectivity index (χ4v) is 0.892. The lowest BCUT2D eigenvalue weighted by Gasteiger charge is -2.04. The molecule has 4 nitrogen and oxygen atoms in total. The van der Waals surface area contributed by atoms with Crippen LogP contribution in [0.15, 0.2) is 0 Å². The highest BCUT2D eigenvalue weighted by Crippen LogP contribution is 1.88. The highest BCUT2D eigenvalue weighted by atomic mass is 16.5.